The number of nitrogens with one attached hydrogen (secondary N) is 2. The number of hydrogen-bond donors (Lipinski definition) is 3. The van der Waals surface area contributed by atoms with Crippen molar-refractivity contribution in [1.29, 1.82) is 0 Å². The van der Waals surface area contributed by atoms with Crippen LogP contribution in [0, 0.1) is 0 Å². The molecule has 0 spiro atoms. The Morgan fingerprint density at radius 3 is 3.05 bits per heavy atom. The highest BCUT2D eigenvalue weighted by Gasteiger charge is 2.10. The zero-order chi connectivity index (χ0) is 14.1. The molecular weight excluding hydrogens is 254 g/mol. The number of benzene rings is 1. The molecule has 0 saturated carbocycles. The maximum atomic E-state index is 12.1. The highest BCUT2D eigenvalue weighted by atomic mass is 16.1. The molecule has 1 amide bonds. The van der Waals surface area contributed by atoms with Gasteiger partial charge in [-0.25, -0.2) is 0 Å². The van der Waals surface area contributed by atoms with Crippen LogP contribution in [-0.2, 0) is 13.6 Å². The van der Waals surface area contributed by atoms with Crippen LogP contribution in [0.4, 0.5) is 5.69 Å². The molecule has 2 heterocycles. The summed E-state index contributed by atoms with van der Waals surface area (Å²) in [6.07, 6.45) is 3.59. The molecule has 0 aliphatic carbocycles. The number of fused-ring (bicyclic) bond motifs is 1. The average molecular weight is 269 g/mol. The van der Waals surface area contributed by atoms with Gasteiger partial charge >= 0.3 is 0 Å². The monoisotopic (exact) mass is 269 g/mol. The average Bonchev–Trinajstić information content (AvgIpc) is 3.03. The number of carbonyl (C=O) groups excluding carboxylic acids is 1. The van der Waals surface area contributed by atoms with E-state index in [1.165, 1.54) is 0 Å². The molecule has 4 N–H and O–H groups in total. The predicted octanol–water partition coefficient (Wildman–Crippen LogP) is 1.41. The van der Waals surface area contributed by atoms with Gasteiger partial charge in [0.1, 0.15) is 5.69 Å². The van der Waals surface area contributed by atoms with Crippen LogP contribution in [0.3, 0.4) is 0 Å². The minimum absolute atomic E-state index is 0.163. The van der Waals surface area contributed by atoms with Crippen LogP contribution < -0.4 is 11.1 Å². The van der Waals surface area contributed by atoms with E-state index in [2.05, 4.69) is 15.4 Å². The van der Waals surface area contributed by atoms with Crippen molar-refractivity contribution in [3.05, 3.63) is 47.9 Å². The second kappa shape index (κ2) is 4.73. The SMILES string of the molecule is Cn1cc(CNC(=O)c2cc3cccc(N)c3[nH]2)cn1. The summed E-state index contributed by atoms with van der Waals surface area (Å²) in [4.78, 5) is 15.1. The Hall–Kier alpha value is -2.76. The summed E-state index contributed by atoms with van der Waals surface area (Å²) < 4.78 is 1.70. The highest BCUT2D eigenvalue weighted by molar-refractivity contribution is 6.00. The van der Waals surface area contributed by atoms with Gasteiger partial charge in [-0.3, -0.25) is 9.48 Å². The number of carbonyl (C=O) groups is 1. The molecule has 0 bridgehead atoms. The van der Waals surface area contributed by atoms with Crippen molar-refractivity contribution in [2.75, 3.05) is 5.73 Å². The number of rotatable bonds is 3. The van der Waals surface area contributed by atoms with Gasteiger partial charge in [0.15, 0.2) is 0 Å². The van der Waals surface area contributed by atoms with Gasteiger partial charge in [0, 0.05) is 30.7 Å². The number of nitrogen functional groups attached to an aromatic ring is 1. The molecule has 1 aromatic carbocycles. The Morgan fingerprint density at radius 1 is 1.50 bits per heavy atom. The molecule has 0 aliphatic heterocycles. The van der Waals surface area contributed by atoms with Crippen molar-refractivity contribution in [2.45, 2.75) is 6.54 Å². The maximum absolute atomic E-state index is 12.1. The molecular formula is C14H15N5O. The van der Waals surface area contributed by atoms with Crippen molar-refractivity contribution in [3.63, 3.8) is 0 Å². The van der Waals surface area contributed by atoms with Gasteiger partial charge in [-0.15, -0.1) is 0 Å². The molecule has 3 aromatic rings. The van der Waals surface area contributed by atoms with E-state index < -0.39 is 0 Å². The molecule has 0 unspecified atom stereocenters. The minimum Gasteiger partial charge on any atom is -0.397 e. The molecule has 6 nitrogen and oxygen atoms in total. The Kier molecular flexibility index (Phi) is 2.90. The van der Waals surface area contributed by atoms with Gasteiger partial charge in [-0.2, -0.15) is 5.10 Å². The molecule has 0 fully saturated rings. The van der Waals surface area contributed by atoms with E-state index >= 15 is 0 Å². The fourth-order valence-electron chi connectivity index (χ4n) is 2.14. The minimum atomic E-state index is -0.163. The molecule has 0 aliphatic rings. The second-order valence-corrected chi connectivity index (χ2v) is 4.70. The molecule has 6 heteroatoms. The van der Waals surface area contributed by atoms with Crippen LogP contribution >= 0.6 is 0 Å². The molecule has 0 atom stereocenters. The van der Waals surface area contributed by atoms with Gasteiger partial charge in [-0.05, 0) is 12.1 Å². The quantitative estimate of drug-likeness (QED) is 0.628. The largest absolute Gasteiger partial charge is 0.397 e. The summed E-state index contributed by atoms with van der Waals surface area (Å²) in [7, 11) is 1.84. The van der Waals surface area contributed by atoms with E-state index in [9.17, 15) is 4.79 Å². The smallest absolute Gasteiger partial charge is 0.267 e. The van der Waals surface area contributed by atoms with Gasteiger partial charge in [0.2, 0.25) is 0 Å². The van der Waals surface area contributed by atoms with Crippen LogP contribution in [-0.4, -0.2) is 20.7 Å². The predicted molar refractivity (Wildman–Crippen MR) is 77.1 cm³/mol. The summed E-state index contributed by atoms with van der Waals surface area (Å²) in [5, 5.41) is 7.83. The third-order valence-electron chi connectivity index (χ3n) is 3.14. The third kappa shape index (κ3) is 2.23. The van der Waals surface area contributed by atoms with Crippen molar-refractivity contribution < 1.29 is 4.79 Å². The number of H-pyrrole nitrogens is 1. The highest BCUT2D eigenvalue weighted by Crippen LogP contribution is 2.20. The fourth-order valence-corrected chi connectivity index (χ4v) is 2.14. The number of aromatic nitrogens is 3. The molecule has 102 valence electrons. The molecule has 20 heavy (non-hydrogen) atoms. The van der Waals surface area contributed by atoms with Crippen LogP contribution in [0.5, 0.6) is 0 Å². The first-order valence-electron chi connectivity index (χ1n) is 6.26. The summed E-state index contributed by atoms with van der Waals surface area (Å²) >= 11 is 0. The zero-order valence-electron chi connectivity index (χ0n) is 11.1. The summed E-state index contributed by atoms with van der Waals surface area (Å²) in [6.45, 7) is 0.442. The fraction of sp³-hybridized carbons (Fsp3) is 0.143. The lowest BCUT2D eigenvalue weighted by Crippen LogP contribution is -2.22. The lowest BCUT2D eigenvalue weighted by atomic mass is 10.2. The Bertz CT molecular complexity index is 771. The first-order valence-corrected chi connectivity index (χ1v) is 6.26. The van der Waals surface area contributed by atoms with Gasteiger partial charge in [0.25, 0.3) is 5.91 Å². The topological polar surface area (TPSA) is 88.7 Å². The summed E-state index contributed by atoms with van der Waals surface area (Å²) in [5.74, 6) is -0.163. The standard InChI is InChI=1S/C14H15N5O/c1-19-8-9(7-17-19)6-16-14(20)12-5-10-3-2-4-11(15)13(10)18-12/h2-5,7-8,18H,6,15H2,1H3,(H,16,20). The van der Waals surface area contributed by atoms with Gasteiger partial charge in [0.05, 0.1) is 17.4 Å². The third-order valence-corrected chi connectivity index (χ3v) is 3.14. The summed E-state index contributed by atoms with van der Waals surface area (Å²) in [6, 6.07) is 7.38. The lowest BCUT2D eigenvalue weighted by molar-refractivity contribution is 0.0947. The van der Waals surface area contributed by atoms with Crippen LogP contribution in [0.1, 0.15) is 16.1 Å². The number of para-hydroxylation sites is 1. The van der Waals surface area contributed by atoms with Crippen molar-refractivity contribution in [2.24, 2.45) is 7.05 Å². The molecule has 0 radical (unpaired) electrons. The van der Waals surface area contributed by atoms with Crippen LogP contribution in [0.2, 0.25) is 0 Å². The van der Waals surface area contributed by atoms with Crippen molar-refractivity contribution in [3.8, 4) is 0 Å². The summed E-state index contributed by atoms with van der Waals surface area (Å²) in [5.41, 5.74) is 8.74. The number of amides is 1. The van der Waals surface area contributed by atoms with Crippen molar-refractivity contribution >= 4 is 22.5 Å². The van der Waals surface area contributed by atoms with E-state index in [4.69, 9.17) is 5.73 Å². The lowest BCUT2D eigenvalue weighted by Gasteiger charge is -2.01. The normalized spacial score (nSPS) is 10.8. The van der Waals surface area contributed by atoms with E-state index in [0.717, 1.165) is 16.5 Å². The molecule has 0 saturated heterocycles. The van der Waals surface area contributed by atoms with Gasteiger partial charge < -0.3 is 16.0 Å². The Morgan fingerprint density at radius 2 is 2.35 bits per heavy atom. The first-order chi connectivity index (χ1) is 9.63. The van der Waals surface area contributed by atoms with E-state index in [-0.39, 0.29) is 5.91 Å². The Balaban J connectivity index is 1.77. The van der Waals surface area contributed by atoms with Crippen molar-refractivity contribution in [1.82, 2.24) is 20.1 Å². The number of hydrogen-bond acceptors (Lipinski definition) is 3. The second-order valence-electron chi connectivity index (χ2n) is 4.70. The van der Waals surface area contributed by atoms with Crippen LogP contribution in [0.15, 0.2) is 36.7 Å². The maximum Gasteiger partial charge on any atom is 0.267 e. The van der Waals surface area contributed by atoms with E-state index in [0.29, 0.717) is 17.9 Å². The Labute approximate surface area is 115 Å². The molecule has 2 aromatic heterocycles. The van der Waals surface area contributed by atoms with Gasteiger partial charge in [-0.1, -0.05) is 12.1 Å². The number of anilines is 1. The molecule has 3 rings (SSSR count). The van der Waals surface area contributed by atoms with E-state index in [1.807, 2.05) is 25.4 Å². The van der Waals surface area contributed by atoms with Crippen LogP contribution in [0.25, 0.3) is 10.9 Å². The first kappa shape index (κ1) is 12.3. The number of nitrogens with zero attached hydrogens (tertiary/aromatic N) is 2. The number of nitrogens with two attached hydrogens (primary N) is 1. The number of aromatic amines is 1. The number of aryl methyl sites for hydroxylation is 1. The van der Waals surface area contributed by atoms with E-state index in [1.54, 1.807) is 23.0 Å². The zero-order valence-corrected chi connectivity index (χ0v) is 11.1.